The van der Waals surface area contributed by atoms with E-state index in [0.717, 1.165) is 17.6 Å². The molecule has 1 N–H and O–H groups in total. The molecule has 6 nitrogen and oxygen atoms in total. The number of anilines is 1. The van der Waals surface area contributed by atoms with Gasteiger partial charge in [0, 0.05) is 5.02 Å². The third kappa shape index (κ3) is 3.99. The lowest BCUT2D eigenvalue weighted by molar-refractivity contribution is -0.119. The van der Waals surface area contributed by atoms with Gasteiger partial charge < -0.3 is 10.1 Å². The zero-order valence-corrected chi connectivity index (χ0v) is 13.0. The summed E-state index contributed by atoms with van der Waals surface area (Å²) < 4.78 is 22.0. The van der Waals surface area contributed by atoms with Crippen molar-refractivity contribution in [1.29, 1.82) is 0 Å². The zero-order valence-electron chi connectivity index (χ0n) is 11.4. The molecule has 1 heterocycles. The van der Waals surface area contributed by atoms with Crippen molar-refractivity contribution in [1.82, 2.24) is 9.59 Å². The largest absolute Gasteiger partial charge is 0.451 e. The van der Waals surface area contributed by atoms with Gasteiger partial charge in [0.25, 0.3) is 5.91 Å². The number of hydrogen-bond donors (Lipinski definition) is 1. The Hall–Kier alpha value is -2.06. The van der Waals surface area contributed by atoms with Crippen molar-refractivity contribution < 1.29 is 18.7 Å². The number of nitrogens with zero attached hydrogens (tertiary/aromatic N) is 2. The molecule has 0 fully saturated rings. The Morgan fingerprint density at radius 1 is 1.45 bits per heavy atom. The van der Waals surface area contributed by atoms with Gasteiger partial charge in [-0.3, -0.25) is 4.79 Å². The number of carbonyl (C=O) groups excluding carboxylic acids is 2. The minimum absolute atomic E-state index is 0.0812. The number of esters is 1. The van der Waals surface area contributed by atoms with Crippen LogP contribution in [0.3, 0.4) is 0 Å². The number of amides is 1. The van der Waals surface area contributed by atoms with Crippen molar-refractivity contribution in [2.24, 2.45) is 0 Å². The third-order valence-electron chi connectivity index (χ3n) is 2.61. The van der Waals surface area contributed by atoms with E-state index in [0.29, 0.717) is 12.1 Å². The van der Waals surface area contributed by atoms with Crippen molar-refractivity contribution in [3.05, 3.63) is 39.6 Å². The van der Waals surface area contributed by atoms with Crippen LogP contribution in [0.4, 0.5) is 10.1 Å². The van der Waals surface area contributed by atoms with E-state index in [1.54, 1.807) is 0 Å². The number of hydrogen-bond acceptors (Lipinski definition) is 6. The second-order valence-electron chi connectivity index (χ2n) is 4.15. The fourth-order valence-corrected chi connectivity index (χ4v) is 2.39. The molecule has 0 spiro atoms. The highest BCUT2D eigenvalue weighted by Crippen LogP contribution is 2.19. The van der Waals surface area contributed by atoms with Gasteiger partial charge in [0.2, 0.25) is 0 Å². The van der Waals surface area contributed by atoms with E-state index in [1.165, 1.54) is 12.1 Å². The average molecular weight is 344 g/mol. The number of rotatable bonds is 5. The molecule has 9 heteroatoms. The molecule has 0 radical (unpaired) electrons. The van der Waals surface area contributed by atoms with E-state index in [2.05, 4.69) is 14.9 Å². The molecule has 116 valence electrons. The van der Waals surface area contributed by atoms with Crippen LogP contribution in [0.1, 0.15) is 22.3 Å². The highest BCUT2D eigenvalue weighted by molar-refractivity contribution is 7.07. The average Bonchev–Trinajstić information content (AvgIpc) is 2.97. The van der Waals surface area contributed by atoms with E-state index in [9.17, 15) is 14.0 Å². The molecule has 1 aromatic heterocycles. The summed E-state index contributed by atoms with van der Waals surface area (Å²) >= 11 is 6.61. The number of benzene rings is 1. The van der Waals surface area contributed by atoms with E-state index < -0.39 is 24.3 Å². The third-order valence-corrected chi connectivity index (χ3v) is 3.60. The molecular formula is C13H11ClFN3O3S. The van der Waals surface area contributed by atoms with E-state index >= 15 is 0 Å². The summed E-state index contributed by atoms with van der Waals surface area (Å²) in [5, 5.41) is 6.33. The molecule has 0 unspecified atom stereocenters. The van der Waals surface area contributed by atoms with Crippen LogP contribution >= 0.6 is 23.1 Å². The lowest BCUT2D eigenvalue weighted by atomic mass is 10.3. The number of carbonyl (C=O) groups is 2. The molecule has 0 saturated heterocycles. The normalized spacial score (nSPS) is 10.3. The van der Waals surface area contributed by atoms with Crippen molar-refractivity contribution >= 4 is 40.7 Å². The molecule has 0 bridgehead atoms. The standard InChI is InChI=1S/C13H11ClFN3O3S/c1-2-9-12(22-18-17-9)13(20)21-6-11(19)16-10-5-7(14)3-4-8(10)15/h3-5H,2,6H2,1H3,(H,16,19). The van der Waals surface area contributed by atoms with Crippen LogP contribution in [-0.4, -0.2) is 28.1 Å². The summed E-state index contributed by atoms with van der Waals surface area (Å²) in [5.41, 5.74) is 0.429. The van der Waals surface area contributed by atoms with Gasteiger partial charge in [0.05, 0.1) is 11.4 Å². The van der Waals surface area contributed by atoms with Gasteiger partial charge >= 0.3 is 5.97 Å². The Kier molecular flexibility index (Phi) is 5.40. The monoisotopic (exact) mass is 343 g/mol. The number of aromatic nitrogens is 2. The van der Waals surface area contributed by atoms with E-state index in [4.69, 9.17) is 16.3 Å². The molecule has 2 aromatic rings. The first-order chi connectivity index (χ1) is 10.5. The fraction of sp³-hybridized carbons (Fsp3) is 0.231. The number of halogens is 2. The topological polar surface area (TPSA) is 81.2 Å². The lowest BCUT2D eigenvalue weighted by Gasteiger charge is -2.07. The molecule has 0 atom stereocenters. The fourth-order valence-electron chi connectivity index (χ4n) is 1.57. The summed E-state index contributed by atoms with van der Waals surface area (Å²) in [6, 6.07) is 3.75. The van der Waals surface area contributed by atoms with Crippen molar-refractivity contribution in [2.45, 2.75) is 13.3 Å². The Bertz CT molecular complexity index is 708. The Labute approximate surface area is 134 Å². The van der Waals surface area contributed by atoms with Crippen LogP contribution in [0.5, 0.6) is 0 Å². The van der Waals surface area contributed by atoms with Crippen LogP contribution in [0.25, 0.3) is 0 Å². The van der Waals surface area contributed by atoms with Crippen LogP contribution in [-0.2, 0) is 16.0 Å². The minimum atomic E-state index is -0.687. The number of nitrogens with one attached hydrogen (secondary N) is 1. The molecule has 0 aliphatic rings. The summed E-state index contributed by atoms with van der Waals surface area (Å²) in [6.45, 7) is 1.27. The molecule has 1 amide bonds. The van der Waals surface area contributed by atoms with Crippen LogP contribution in [0.2, 0.25) is 5.02 Å². The van der Waals surface area contributed by atoms with Crippen molar-refractivity contribution in [2.75, 3.05) is 11.9 Å². The van der Waals surface area contributed by atoms with Gasteiger partial charge in [-0.2, -0.15) is 0 Å². The summed E-state index contributed by atoms with van der Waals surface area (Å²) in [5.74, 6) is -2.00. The van der Waals surface area contributed by atoms with Crippen LogP contribution in [0.15, 0.2) is 18.2 Å². The first kappa shape index (κ1) is 16.3. The van der Waals surface area contributed by atoms with Gasteiger partial charge in [0.15, 0.2) is 11.5 Å². The maximum atomic E-state index is 13.5. The zero-order chi connectivity index (χ0) is 16.1. The smallest absolute Gasteiger partial charge is 0.352 e. The predicted octanol–water partition coefficient (Wildman–Crippen LogP) is 2.69. The molecular weight excluding hydrogens is 333 g/mol. The predicted molar refractivity (Wildman–Crippen MR) is 79.6 cm³/mol. The van der Waals surface area contributed by atoms with Gasteiger partial charge in [-0.1, -0.05) is 23.0 Å². The Balaban J connectivity index is 1.93. The summed E-state index contributed by atoms with van der Waals surface area (Å²) in [7, 11) is 0. The first-order valence-electron chi connectivity index (χ1n) is 6.24. The quantitative estimate of drug-likeness (QED) is 0.844. The van der Waals surface area contributed by atoms with Gasteiger partial charge in [-0.15, -0.1) is 5.10 Å². The maximum absolute atomic E-state index is 13.5. The number of ether oxygens (including phenoxy) is 1. The van der Waals surface area contributed by atoms with Crippen molar-refractivity contribution in [3.8, 4) is 0 Å². The molecule has 0 aliphatic carbocycles. The minimum Gasteiger partial charge on any atom is -0.451 e. The molecule has 22 heavy (non-hydrogen) atoms. The van der Waals surface area contributed by atoms with Gasteiger partial charge in [-0.25, -0.2) is 9.18 Å². The van der Waals surface area contributed by atoms with E-state index in [1.807, 2.05) is 6.92 Å². The Morgan fingerprint density at radius 2 is 2.23 bits per heavy atom. The highest BCUT2D eigenvalue weighted by atomic mass is 35.5. The first-order valence-corrected chi connectivity index (χ1v) is 7.39. The second kappa shape index (κ2) is 7.28. The van der Waals surface area contributed by atoms with Crippen molar-refractivity contribution in [3.63, 3.8) is 0 Å². The lowest BCUT2D eigenvalue weighted by Crippen LogP contribution is -2.21. The summed E-state index contributed by atoms with van der Waals surface area (Å²) in [6.07, 6.45) is 0.529. The van der Waals surface area contributed by atoms with Crippen LogP contribution in [0, 0.1) is 5.82 Å². The highest BCUT2D eigenvalue weighted by Gasteiger charge is 2.18. The Morgan fingerprint density at radius 3 is 2.95 bits per heavy atom. The molecule has 2 rings (SSSR count). The number of aryl methyl sites for hydroxylation is 1. The molecule has 0 saturated carbocycles. The van der Waals surface area contributed by atoms with Gasteiger partial charge in [0.1, 0.15) is 5.82 Å². The van der Waals surface area contributed by atoms with E-state index in [-0.39, 0.29) is 15.6 Å². The summed E-state index contributed by atoms with van der Waals surface area (Å²) in [4.78, 5) is 23.7. The molecule has 0 aliphatic heterocycles. The second-order valence-corrected chi connectivity index (χ2v) is 5.34. The maximum Gasteiger partial charge on any atom is 0.352 e. The SMILES string of the molecule is CCc1nnsc1C(=O)OCC(=O)Nc1cc(Cl)ccc1F. The molecule has 1 aromatic carbocycles. The van der Waals surface area contributed by atoms with Crippen LogP contribution < -0.4 is 5.32 Å². The van der Waals surface area contributed by atoms with Gasteiger partial charge in [-0.05, 0) is 36.2 Å².